The molecule has 3 heteroatoms. The monoisotopic (exact) mass is 371 g/mol. The van der Waals surface area contributed by atoms with Crippen molar-refractivity contribution in [3.8, 4) is 0 Å². The Morgan fingerprint density at radius 2 is 1.43 bits per heavy atom. The summed E-state index contributed by atoms with van der Waals surface area (Å²) in [4.78, 5) is 14.9. The summed E-state index contributed by atoms with van der Waals surface area (Å²) in [6, 6.07) is 27.5. The summed E-state index contributed by atoms with van der Waals surface area (Å²) in [6.07, 6.45) is 0.631. The third-order valence-electron chi connectivity index (χ3n) is 5.63. The third kappa shape index (κ3) is 2.92. The molecule has 0 saturated carbocycles. The number of carbonyl (C=O) groups is 1. The number of carbonyl (C=O) groups excluding carboxylic acids is 1. The first-order valence-corrected chi connectivity index (χ1v) is 9.78. The number of rotatable bonds is 5. The van der Waals surface area contributed by atoms with E-state index >= 15 is 0 Å². The largest absolute Gasteiger partial charge is 0.366 e. The standard InChI is InChI=1S/C25H25NO2/c1-18(2)26-24(27)21-15-9-10-16-22(21)25(26,28)23(20-13-7-4-8-14-20)17-19-11-5-3-6-12-19/h3-16,18,23,28H,17H2,1-2H3/t23-,25+/m0/s1. The molecular weight excluding hydrogens is 346 g/mol. The fraction of sp³-hybridized carbons (Fsp3) is 0.240. The van der Waals surface area contributed by atoms with Gasteiger partial charge in [0.15, 0.2) is 5.72 Å². The molecule has 1 heterocycles. The van der Waals surface area contributed by atoms with Gasteiger partial charge in [-0.1, -0.05) is 78.9 Å². The van der Waals surface area contributed by atoms with E-state index < -0.39 is 5.72 Å². The number of fused-ring (bicyclic) bond motifs is 1. The van der Waals surface area contributed by atoms with Gasteiger partial charge in [0.2, 0.25) is 0 Å². The molecule has 0 radical (unpaired) electrons. The molecule has 3 aromatic carbocycles. The molecule has 1 aliphatic heterocycles. The molecule has 1 N–H and O–H groups in total. The smallest absolute Gasteiger partial charge is 0.257 e. The fourth-order valence-electron chi connectivity index (χ4n) is 4.42. The van der Waals surface area contributed by atoms with E-state index in [1.54, 1.807) is 4.90 Å². The Balaban J connectivity index is 1.91. The molecule has 0 unspecified atom stereocenters. The van der Waals surface area contributed by atoms with E-state index in [0.717, 1.165) is 11.1 Å². The topological polar surface area (TPSA) is 40.5 Å². The Bertz CT molecular complexity index is 968. The van der Waals surface area contributed by atoms with Crippen LogP contribution in [0.4, 0.5) is 0 Å². The highest BCUT2D eigenvalue weighted by Crippen LogP contribution is 2.48. The van der Waals surface area contributed by atoms with Crippen molar-refractivity contribution < 1.29 is 9.90 Å². The average Bonchev–Trinajstić information content (AvgIpc) is 2.96. The van der Waals surface area contributed by atoms with Gasteiger partial charge in [-0.3, -0.25) is 4.79 Å². The van der Waals surface area contributed by atoms with Crippen molar-refractivity contribution in [3.63, 3.8) is 0 Å². The van der Waals surface area contributed by atoms with E-state index in [1.807, 2.05) is 86.6 Å². The zero-order valence-corrected chi connectivity index (χ0v) is 16.2. The van der Waals surface area contributed by atoms with Crippen molar-refractivity contribution in [2.45, 2.75) is 38.0 Å². The summed E-state index contributed by atoms with van der Waals surface area (Å²) < 4.78 is 0. The number of amides is 1. The van der Waals surface area contributed by atoms with Gasteiger partial charge in [-0.05, 0) is 37.5 Å². The van der Waals surface area contributed by atoms with Gasteiger partial charge in [0.25, 0.3) is 5.91 Å². The van der Waals surface area contributed by atoms with E-state index in [1.165, 1.54) is 0 Å². The molecular formula is C25H25NO2. The van der Waals surface area contributed by atoms with Gasteiger partial charge in [0.05, 0.1) is 0 Å². The van der Waals surface area contributed by atoms with Crippen LogP contribution in [-0.4, -0.2) is 22.0 Å². The van der Waals surface area contributed by atoms with E-state index in [0.29, 0.717) is 17.5 Å². The molecule has 2 atom stereocenters. The lowest BCUT2D eigenvalue weighted by Crippen LogP contribution is -2.51. The maximum atomic E-state index is 13.2. The Morgan fingerprint density at radius 3 is 2.07 bits per heavy atom. The molecule has 0 spiro atoms. The second kappa shape index (κ2) is 7.25. The van der Waals surface area contributed by atoms with Gasteiger partial charge in [0.1, 0.15) is 0 Å². The van der Waals surface area contributed by atoms with Crippen molar-refractivity contribution in [3.05, 3.63) is 107 Å². The maximum absolute atomic E-state index is 13.2. The molecule has 0 fully saturated rings. The van der Waals surface area contributed by atoms with Crippen LogP contribution in [0.1, 0.15) is 46.8 Å². The zero-order chi connectivity index (χ0) is 19.7. The molecule has 28 heavy (non-hydrogen) atoms. The Labute approximate surface area is 166 Å². The highest BCUT2D eigenvalue weighted by molar-refractivity contribution is 6.00. The Kier molecular flexibility index (Phi) is 4.78. The molecule has 142 valence electrons. The van der Waals surface area contributed by atoms with Crippen LogP contribution in [0.15, 0.2) is 84.9 Å². The minimum absolute atomic E-state index is 0.109. The molecule has 0 aliphatic carbocycles. The summed E-state index contributed by atoms with van der Waals surface area (Å²) in [5.41, 5.74) is 2.03. The number of hydrogen-bond donors (Lipinski definition) is 1. The van der Waals surface area contributed by atoms with Gasteiger partial charge in [-0.25, -0.2) is 0 Å². The summed E-state index contributed by atoms with van der Waals surface area (Å²) >= 11 is 0. The number of benzene rings is 3. The normalized spacial score (nSPS) is 19.7. The summed E-state index contributed by atoms with van der Waals surface area (Å²) in [6.45, 7) is 3.92. The first-order chi connectivity index (χ1) is 13.5. The van der Waals surface area contributed by atoms with E-state index in [2.05, 4.69) is 12.1 Å². The van der Waals surface area contributed by atoms with Gasteiger partial charge in [-0.15, -0.1) is 0 Å². The second-order valence-electron chi connectivity index (χ2n) is 7.69. The van der Waals surface area contributed by atoms with Crippen LogP contribution in [0.25, 0.3) is 0 Å². The number of hydrogen-bond acceptors (Lipinski definition) is 2. The van der Waals surface area contributed by atoms with Crippen LogP contribution in [0.5, 0.6) is 0 Å². The number of aliphatic hydroxyl groups is 1. The van der Waals surface area contributed by atoms with Gasteiger partial charge in [-0.2, -0.15) is 0 Å². The predicted molar refractivity (Wildman–Crippen MR) is 111 cm³/mol. The minimum Gasteiger partial charge on any atom is -0.366 e. The second-order valence-corrected chi connectivity index (χ2v) is 7.69. The van der Waals surface area contributed by atoms with Crippen molar-refractivity contribution in [1.29, 1.82) is 0 Å². The maximum Gasteiger partial charge on any atom is 0.257 e. The molecule has 0 aromatic heterocycles. The SMILES string of the molecule is CC(C)N1C(=O)c2ccccc2[C@@]1(O)[C@@H](Cc1ccccc1)c1ccccc1. The van der Waals surface area contributed by atoms with Crippen LogP contribution in [0.2, 0.25) is 0 Å². The Morgan fingerprint density at radius 1 is 0.857 bits per heavy atom. The summed E-state index contributed by atoms with van der Waals surface area (Å²) in [7, 11) is 0. The van der Waals surface area contributed by atoms with Crippen LogP contribution in [0, 0.1) is 0 Å². The van der Waals surface area contributed by atoms with Crippen molar-refractivity contribution in [2.24, 2.45) is 0 Å². The van der Waals surface area contributed by atoms with E-state index in [-0.39, 0.29) is 17.9 Å². The quantitative estimate of drug-likeness (QED) is 0.705. The highest BCUT2D eigenvalue weighted by atomic mass is 16.3. The lowest BCUT2D eigenvalue weighted by Gasteiger charge is -2.43. The van der Waals surface area contributed by atoms with Crippen molar-refractivity contribution >= 4 is 5.91 Å². The average molecular weight is 371 g/mol. The molecule has 0 bridgehead atoms. The lowest BCUT2D eigenvalue weighted by atomic mass is 9.79. The van der Waals surface area contributed by atoms with Crippen LogP contribution in [0.3, 0.4) is 0 Å². The molecule has 1 aliphatic rings. The van der Waals surface area contributed by atoms with Crippen molar-refractivity contribution in [1.82, 2.24) is 4.90 Å². The van der Waals surface area contributed by atoms with Gasteiger partial charge in [0, 0.05) is 23.1 Å². The molecule has 3 aromatic rings. The van der Waals surface area contributed by atoms with Crippen LogP contribution >= 0.6 is 0 Å². The minimum atomic E-state index is -1.40. The molecule has 1 amide bonds. The highest BCUT2D eigenvalue weighted by Gasteiger charge is 2.54. The van der Waals surface area contributed by atoms with Crippen LogP contribution in [-0.2, 0) is 12.1 Å². The summed E-state index contributed by atoms with van der Waals surface area (Å²) in [5, 5.41) is 12.2. The molecule has 0 saturated heterocycles. The first kappa shape index (κ1) is 18.5. The molecule has 4 rings (SSSR count). The van der Waals surface area contributed by atoms with Gasteiger partial charge < -0.3 is 10.0 Å². The fourth-order valence-corrected chi connectivity index (χ4v) is 4.42. The summed E-state index contributed by atoms with van der Waals surface area (Å²) in [5.74, 6) is -0.395. The van der Waals surface area contributed by atoms with Crippen LogP contribution < -0.4 is 0 Å². The van der Waals surface area contributed by atoms with Gasteiger partial charge >= 0.3 is 0 Å². The first-order valence-electron chi connectivity index (χ1n) is 9.78. The third-order valence-corrected chi connectivity index (χ3v) is 5.63. The number of nitrogens with zero attached hydrogens (tertiary/aromatic N) is 1. The predicted octanol–water partition coefficient (Wildman–Crippen LogP) is 4.72. The van der Waals surface area contributed by atoms with E-state index in [4.69, 9.17) is 0 Å². The lowest BCUT2D eigenvalue weighted by molar-refractivity contribution is -0.117. The zero-order valence-electron chi connectivity index (χ0n) is 16.2. The Hall–Kier alpha value is -2.91. The molecule has 3 nitrogen and oxygen atoms in total. The van der Waals surface area contributed by atoms with Crippen molar-refractivity contribution in [2.75, 3.05) is 0 Å². The van der Waals surface area contributed by atoms with E-state index in [9.17, 15) is 9.90 Å².